The number of hydrogen-bond donors (Lipinski definition) is 2. The molecule has 0 bridgehead atoms. The first-order valence-electron chi connectivity index (χ1n) is 11.7. The van der Waals surface area contributed by atoms with Gasteiger partial charge in [0.25, 0.3) is 0 Å². The lowest BCUT2D eigenvalue weighted by Gasteiger charge is -2.11. The predicted octanol–water partition coefficient (Wildman–Crippen LogP) is 7.85. The molecule has 2 unspecified atom stereocenters. The third-order valence-corrected chi connectivity index (χ3v) is 10.8. The number of benzene rings is 3. The van der Waals surface area contributed by atoms with E-state index < -0.39 is 12.2 Å². The molecule has 3 aromatic carbocycles. The van der Waals surface area contributed by atoms with Crippen LogP contribution in [-0.2, 0) is 4.74 Å². The number of fused-ring (bicyclic) bond motifs is 3. The zero-order valence-corrected chi connectivity index (χ0v) is 21.1. The Balaban J connectivity index is 1.45. The van der Waals surface area contributed by atoms with Crippen molar-refractivity contribution in [2.45, 2.75) is 24.7 Å². The first kappa shape index (κ1) is 21.7. The highest BCUT2D eigenvalue weighted by Gasteiger charge is 2.36. The first-order chi connectivity index (χ1) is 17.2. The van der Waals surface area contributed by atoms with Crippen molar-refractivity contribution >= 4 is 66.3 Å². The lowest BCUT2D eigenvalue weighted by molar-refractivity contribution is -0.0213. The highest BCUT2D eigenvalue weighted by Crippen LogP contribution is 2.53. The largest absolute Gasteiger partial charge is 0.394 e. The number of hydrogen-bond acceptors (Lipinski definition) is 6. The Morgan fingerprint density at radius 2 is 1.29 bits per heavy atom. The van der Waals surface area contributed by atoms with Crippen molar-refractivity contribution in [1.82, 2.24) is 0 Å². The van der Waals surface area contributed by atoms with Crippen molar-refractivity contribution in [3.05, 3.63) is 83.1 Å². The summed E-state index contributed by atoms with van der Waals surface area (Å²) in [6.45, 7) is -0.165. The van der Waals surface area contributed by atoms with Gasteiger partial charge >= 0.3 is 0 Å². The second-order valence-corrected chi connectivity index (χ2v) is 11.9. The van der Waals surface area contributed by atoms with Gasteiger partial charge in [-0.3, -0.25) is 0 Å². The summed E-state index contributed by atoms with van der Waals surface area (Å²) in [5, 5.41) is 29.8. The van der Waals surface area contributed by atoms with Crippen LogP contribution in [0.25, 0.3) is 51.8 Å². The standard InChI is InChI=1S/C29H22O3S3/c30-14-24-22(31)13-23(32-24)25-18-9-3-4-10-19(18)28(34-25)29-21-12-6-5-11-20(21)27(35-29)26-17-8-2-1-7-16(17)15-33-26/h1-12,15,22-24,30-31H,13-14H2/t22?,23?,24-/m1/s1. The molecule has 3 nitrogen and oxygen atoms in total. The Bertz CT molecular complexity index is 1690. The smallest absolute Gasteiger partial charge is 0.107 e. The Kier molecular flexibility index (Phi) is 5.28. The molecule has 0 amide bonds. The fourth-order valence-electron chi connectivity index (χ4n) is 5.18. The number of ether oxygens (including phenoxy) is 1. The maximum atomic E-state index is 10.4. The van der Waals surface area contributed by atoms with E-state index in [1.807, 2.05) is 22.7 Å². The van der Waals surface area contributed by atoms with Gasteiger partial charge in [0.15, 0.2) is 0 Å². The van der Waals surface area contributed by atoms with Crippen LogP contribution in [0.3, 0.4) is 0 Å². The van der Waals surface area contributed by atoms with Crippen LogP contribution in [-0.4, -0.2) is 29.0 Å². The minimum Gasteiger partial charge on any atom is -0.394 e. The van der Waals surface area contributed by atoms with E-state index in [1.165, 1.54) is 51.8 Å². The second kappa shape index (κ2) is 8.52. The molecule has 0 spiro atoms. The fourth-order valence-corrected chi connectivity index (χ4v) is 9.15. The Morgan fingerprint density at radius 1 is 0.714 bits per heavy atom. The van der Waals surface area contributed by atoms with Crippen molar-refractivity contribution in [3.8, 4) is 19.5 Å². The molecule has 35 heavy (non-hydrogen) atoms. The molecule has 3 atom stereocenters. The van der Waals surface area contributed by atoms with Gasteiger partial charge in [-0.2, -0.15) is 0 Å². The van der Waals surface area contributed by atoms with E-state index in [0.29, 0.717) is 6.42 Å². The third-order valence-electron chi connectivity index (χ3n) is 6.89. The van der Waals surface area contributed by atoms with Crippen LogP contribution in [0.2, 0.25) is 0 Å². The number of thiophene rings is 3. The number of rotatable bonds is 4. The highest BCUT2D eigenvalue weighted by atomic mass is 32.1. The molecule has 4 heterocycles. The molecule has 2 N–H and O–H groups in total. The molecular weight excluding hydrogens is 493 g/mol. The van der Waals surface area contributed by atoms with Crippen LogP contribution >= 0.6 is 34.0 Å². The summed E-state index contributed by atoms with van der Waals surface area (Å²) in [6, 6.07) is 25.8. The molecule has 1 aliphatic heterocycles. The van der Waals surface area contributed by atoms with E-state index in [4.69, 9.17) is 4.74 Å². The van der Waals surface area contributed by atoms with Crippen molar-refractivity contribution in [3.63, 3.8) is 0 Å². The summed E-state index contributed by atoms with van der Waals surface area (Å²) in [7, 11) is 0. The van der Waals surface area contributed by atoms with Gasteiger partial charge in [-0.25, -0.2) is 0 Å². The van der Waals surface area contributed by atoms with Crippen LogP contribution in [0.1, 0.15) is 17.4 Å². The van der Waals surface area contributed by atoms with Gasteiger partial charge in [-0.1, -0.05) is 72.8 Å². The molecule has 1 fully saturated rings. The van der Waals surface area contributed by atoms with Gasteiger partial charge in [-0.05, 0) is 16.2 Å². The summed E-state index contributed by atoms with van der Waals surface area (Å²) in [5.74, 6) is 0. The SMILES string of the molecule is OC[C@H]1OC(c2sc(-c3sc(-c4scc5ccccc45)c4ccccc34)c3ccccc23)CC1O. The third kappa shape index (κ3) is 3.40. The molecule has 7 rings (SSSR count). The Labute approximate surface area is 214 Å². The molecule has 0 aliphatic carbocycles. The molecule has 0 saturated carbocycles. The van der Waals surface area contributed by atoms with Gasteiger partial charge in [0.1, 0.15) is 6.10 Å². The number of aliphatic hydroxyl groups is 2. The lowest BCUT2D eigenvalue weighted by Crippen LogP contribution is -2.24. The Hall–Kier alpha value is -2.58. The average Bonchev–Trinajstić information content (AvgIpc) is 3.66. The van der Waals surface area contributed by atoms with E-state index in [2.05, 4.69) is 78.2 Å². The Morgan fingerprint density at radius 3 is 1.97 bits per heavy atom. The van der Waals surface area contributed by atoms with Gasteiger partial charge in [0.05, 0.1) is 38.3 Å². The first-order valence-corrected chi connectivity index (χ1v) is 14.2. The maximum Gasteiger partial charge on any atom is 0.107 e. The van der Waals surface area contributed by atoms with E-state index in [9.17, 15) is 10.2 Å². The van der Waals surface area contributed by atoms with Crippen LogP contribution in [0.5, 0.6) is 0 Å². The van der Waals surface area contributed by atoms with Crippen molar-refractivity contribution in [2.75, 3.05) is 6.61 Å². The van der Waals surface area contributed by atoms with Crippen molar-refractivity contribution < 1.29 is 14.9 Å². The molecule has 1 saturated heterocycles. The summed E-state index contributed by atoms with van der Waals surface area (Å²) >= 11 is 5.44. The van der Waals surface area contributed by atoms with Crippen LogP contribution in [0, 0.1) is 0 Å². The minimum absolute atomic E-state index is 0.165. The zero-order valence-electron chi connectivity index (χ0n) is 18.7. The highest BCUT2D eigenvalue weighted by molar-refractivity contribution is 7.28. The average molecular weight is 515 g/mol. The molecule has 6 aromatic rings. The van der Waals surface area contributed by atoms with Gasteiger partial charge < -0.3 is 14.9 Å². The van der Waals surface area contributed by atoms with Gasteiger partial charge in [-0.15, -0.1) is 34.0 Å². The fraction of sp³-hybridized carbons (Fsp3) is 0.172. The van der Waals surface area contributed by atoms with E-state index >= 15 is 0 Å². The van der Waals surface area contributed by atoms with Crippen molar-refractivity contribution in [2.24, 2.45) is 0 Å². The van der Waals surface area contributed by atoms with Crippen LogP contribution in [0.4, 0.5) is 0 Å². The molecule has 174 valence electrons. The van der Waals surface area contributed by atoms with Crippen molar-refractivity contribution in [1.29, 1.82) is 0 Å². The van der Waals surface area contributed by atoms with E-state index in [1.54, 1.807) is 11.3 Å². The second-order valence-electron chi connectivity index (χ2n) is 8.95. The zero-order chi connectivity index (χ0) is 23.5. The molecule has 3 aromatic heterocycles. The molecular formula is C29H22O3S3. The topological polar surface area (TPSA) is 49.7 Å². The predicted molar refractivity (Wildman–Crippen MR) is 149 cm³/mol. The van der Waals surface area contributed by atoms with Crippen LogP contribution in [0.15, 0.2) is 78.2 Å². The summed E-state index contributed by atoms with van der Waals surface area (Å²) < 4.78 is 6.08. The summed E-state index contributed by atoms with van der Waals surface area (Å²) in [5.41, 5.74) is 0. The normalized spacial score (nSPS) is 20.5. The quantitative estimate of drug-likeness (QED) is 0.252. The van der Waals surface area contributed by atoms with E-state index in [0.717, 1.165) is 4.88 Å². The minimum atomic E-state index is -0.643. The lowest BCUT2D eigenvalue weighted by atomic mass is 10.0. The molecule has 1 aliphatic rings. The maximum absolute atomic E-state index is 10.4. The van der Waals surface area contributed by atoms with Gasteiger partial charge in [0, 0.05) is 32.8 Å². The monoisotopic (exact) mass is 514 g/mol. The van der Waals surface area contributed by atoms with E-state index in [-0.39, 0.29) is 12.7 Å². The van der Waals surface area contributed by atoms with Crippen LogP contribution < -0.4 is 0 Å². The molecule has 6 heteroatoms. The summed E-state index contributed by atoms with van der Waals surface area (Å²) in [6.07, 6.45) is -0.869. The molecule has 0 radical (unpaired) electrons. The van der Waals surface area contributed by atoms with Gasteiger partial charge in [0.2, 0.25) is 0 Å². The number of aliphatic hydroxyl groups excluding tert-OH is 2. The summed E-state index contributed by atoms with van der Waals surface area (Å²) in [4.78, 5) is 6.29.